The van der Waals surface area contributed by atoms with Crippen LogP contribution in [0.25, 0.3) is 10.1 Å². The Morgan fingerprint density at radius 1 is 1.31 bits per heavy atom. The van der Waals surface area contributed by atoms with Gasteiger partial charge in [0.1, 0.15) is 6.07 Å². The summed E-state index contributed by atoms with van der Waals surface area (Å²) in [6.07, 6.45) is 1.26. The van der Waals surface area contributed by atoms with E-state index < -0.39 is 0 Å². The van der Waals surface area contributed by atoms with Crippen molar-refractivity contribution in [3.8, 4) is 6.07 Å². The van der Waals surface area contributed by atoms with Crippen molar-refractivity contribution in [3.05, 3.63) is 26.6 Å². The zero-order valence-electron chi connectivity index (χ0n) is 8.53. The van der Waals surface area contributed by atoms with Crippen molar-refractivity contribution in [3.63, 3.8) is 0 Å². The second-order valence-corrected chi connectivity index (χ2v) is 6.86. The summed E-state index contributed by atoms with van der Waals surface area (Å²) in [5.41, 5.74) is 2.01. The van der Waals surface area contributed by atoms with Crippen LogP contribution in [0.3, 0.4) is 0 Å². The minimum Gasteiger partial charge on any atom is -0.371 e. The number of benzene rings is 1. The van der Waals surface area contributed by atoms with Crippen molar-refractivity contribution in [1.29, 1.82) is 5.26 Å². The van der Waals surface area contributed by atoms with Crippen LogP contribution >= 0.6 is 33.9 Å². The Labute approximate surface area is 112 Å². The molecule has 0 spiro atoms. The minimum atomic E-state index is 0.812. The van der Waals surface area contributed by atoms with E-state index in [1.165, 1.54) is 20.4 Å². The van der Waals surface area contributed by atoms with Crippen molar-refractivity contribution >= 4 is 49.7 Å². The first kappa shape index (κ1) is 10.4. The van der Waals surface area contributed by atoms with E-state index in [1.807, 2.05) is 6.07 Å². The molecule has 0 bridgehead atoms. The fourth-order valence-electron chi connectivity index (χ4n) is 1.95. The maximum Gasteiger partial charge on any atom is 0.101 e. The third-order valence-electron chi connectivity index (χ3n) is 2.91. The Balaban J connectivity index is 2.21. The van der Waals surface area contributed by atoms with Crippen molar-refractivity contribution in [2.24, 2.45) is 0 Å². The summed E-state index contributed by atoms with van der Waals surface area (Å²) >= 11 is 4.01. The van der Waals surface area contributed by atoms with Gasteiger partial charge >= 0.3 is 0 Å². The van der Waals surface area contributed by atoms with Gasteiger partial charge in [0.05, 0.1) is 13.1 Å². The molecule has 1 fully saturated rings. The van der Waals surface area contributed by atoms with E-state index in [2.05, 4.69) is 45.7 Å². The van der Waals surface area contributed by atoms with Gasteiger partial charge in [0.15, 0.2) is 0 Å². The van der Waals surface area contributed by atoms with Crippen LogP contribution in [0, 0.1) is 14.2 Å². The van der Waals surface area contributed by atoms with Gasteiger partial charge in [-0.1, -0.05) is 0 Å². The molecule has 1 aromatic heterocycles. The van der Waals surface area contributed by atoms with Crippen molar-refractivity contribution in [2.75, 3.05) is 18.0 Å². The van der Waals surface area contributed by atoms with Gasteiger partial charge < -0.3 is 4.90 Å². The molecule has 0 unspecified atom stereocenters. The smallest absolute Gasteiger partial charge is 0.101 e. The van der Waals surface area contributed by atoms with Crippen LogP contribution in [0.1, 0.15) is 12.0 Å². The summed E-state index contributed by atoms with van der Waals surface area (Å²) in [6, 6.07) is 8.69. The molecule has 1 aliphatic heterocycles. The number of rotatable bonds is 1. The van der Waals surface area contributed by atoms with Gasteiger partial charge in [-0.05, 0) is 52.6 Å². The molecule has 2 aromatic rings. The van der Waals surface area contributed by atoms with Crippen LogP contribution in [-0.4, -0.2) is 13.1 Å². The number of hydrogen-bond donors (Lipinski definition) is 0. The molecule has 0 N–H and O–H groups in total. The number of fused-ring (bicyclic) bond motifs is 1. The van der Waals surface area contributed by atoms with E-state index in [0.29, 0.717) is 0 Å². The quantitative estimate of drug-likeness (QED) is 0.742. The number of nitrogens with zero attached hydrogens (tertiary/aromatic N) is 2. The standard InChI is InChI=1S/C12H9IN2S/c13-11-6-8-4-10(15-2-1-3-15)5-9(7-14)12(8)16-11/h4-6H,1-3H2. The molecule has 0 saturated carbocycles. The second kappa shape index (κ2) is 3.90. The first-order valence-corrected chi connectivity index (χ1v) is 7.05. The largest absolute Gasteiger partial charge is 0.371 e. The lowest BCUT2D eigenvalue weighted by atomic mass is 10.1. The zero-order chi connectivity index (χ0) is 11.1. The monoisotopic (exact) mass is 340 g/mol. The summed E-state index contributed by atoms with van der Waals surface area (Å²) < 4.78 is 2.36. The fourth-order valence-corrected chi connectivity index (χ4v) is 3.77. The predicted octanol–water partition coefficient (Wildman–Crippen LogP) is 3.59. The molecular formula is C12H9IN2S. The van der Waals surface area contributed by atoms with E-state index in [9.17, 15) is 5.26 Å². The highest BCUT2D eigenvalue weighted by Gasteiger charge is 2.17. The van der Waals surface area contributed by atoms with Gasteiger partial charge in [-0.2, -0.15) is 5.26 Å². The van der Waals surface area contributed by atoms with Gasteiger partial charge in [-0.3, -0.25) is 0 Å². The summed E-state index contributed by atoms with van der Waals surface area (Å²) in [6.45, 7) is 2.25. The first-order chi connectivity index (χ1) is 7.78. The molecule has 4 heteroatoms. The molecule has 1 aliphatic rings. The Kier molecular flexibility index (Phi) is 2.52. The van der Waals surface area contributed by atoms with Crippen LogP contribution < -0.4 is 4.90 Å². The molecule has 3 rings (SSSR count). The van der Waals surface area contributed by atoms with Crippen LogP contribution in [0.5, 0.6) is 0 Å². The summed E-state index contributed by atoms with van der Waals surface area (Å²) in [5.74, 6) is 0. The second-order valence-electron chi connectivity index (χ2n) is 3.91. The SMILES string of the molecule is N#Cc1cc(N2CCC2)cc2cc(I)sc12. The normalized spacial score (nSPS) is 14.9. The van der Waals surface area contributed by atoms with Gasteiger partial charge in [0.25, 0.3) is 0 Å². The lowest BCUT2D eigenvalue weighted by Gasteiger charge is -2.33. The highest BCUT2D eigenvalue weighted by molar-refractivity contribution is 14.1. The molecule has 80 valence electrons. The number of halogens is 1. The average Bonchev–Trinajstić information content (AvgIpc) is 2.54. The topological polar surface area (TPSA) is 27.0 Å². The van der Waals surface area contributed by atoms with Crippen molar-refractivity contribution < 1.29 is 0 Å². The van der Waals surface area contributed by atoms with E-state index in [1.54, 1.807) is 11.3 Å². The molecule has 0 aliphatic carbocycles. The zero-order valence-corrected chi connectivity index (χ0v) is 11.5. The Morgan fingerprint density at radius 3 is 2.75 bits per heavy atom. The molecule has 1 saturated heterocycles. The molecule has 0 amide bonds. The van der Waals surface area contributed by atoms with E-state index in [-0.39, 0.29) is 0 Å². The van der Waals surface area contributed by atoms with E-state index in [4.69, 9.17) is 0 Å². The van der Waals surface area contributed by atoms with Crippen LogP contribution in [0.15, 0.2) is 18.2 Å². The van der Waals surface area contributed by atoms with E-state index in [0.717, 1.165) is 23.4 Å². The van der Waals surface area contributed by atoms with Crippen LogP contribution in [0.4, 0.5) is 5.69 Å². The summed E-state index contributed by atoms with van der Waals surface area (Å²) in [7, 11) is 0. The molecule has 2 nitrogen and oxygen atoms in total. The number of nitriles is 1. The van der Waals surface area contributed by atoms with Gasteiger partial charge in [0, 0.05) is 18.8 Å². The molecule has 16 heavy (non-hydrogen) atoms. The number of anilines is 1. The lowest BCUT2D eigenvalue weighted by Crippen LogP contribution is -2.36. The third-order valence-corrected chi connectivity index (χ3v) is 4.86. The van der Waals surface area contributed by atoms with Crippen molar-refractivity contribution in [1.82, 2.24) is 0 Å². The Bertz CT molecular complexity index is 593. The van der Waals surface area contributed by atoms with Crippen LogP contribution in [0.2, 0.25) is 0 Å². The maximum absolute atomic E-state index is 9.18. The molecule has 2 heterocycles. The minimum absolute atomic E-state index is 0.812. The number of hydrogen-bond acceptors (Lipinski definition) is 3. The number of thiophene rings is 1. The highest BCUT2D eigenvalue weighted by atomic mass is 127. The molecule has 1 aromatic carbocycles. The van der Waals surface area contributed by atoms with E-state index >= 15 is 0 Å². The van der Waals surface area contributed by atoms with Gasteiger partial charge in [0.2, 0.25) is 0 Å². The fraction of sp³-hybridized carbons (Fsp3) is 0.250. The highest BCUT2D eigenvalue weighted by Crippen LogP contribution is 2.34. The molecule has 0 radical (unpaired) electrons. The predicted molar refractivity (Wildman–Crippen MR) is 76.1 cm³/mol. The Morgan fingerprint density at radius 2 is 2.12 bits per heavy atom. The third kappa shape index (κ3) is 1.59. The average molecular weight is 340 g/mol. The molecule has 0 atom stereocenters. The maximum atomic E-state index is 9.18. The van der Waals surface area contributed by atoms with Crippen molar-refractivity contribution in [2.45, 2.75) is 6.42 Å². The summed E-state index contributed by atoms with van der Waals surface area (Å²) in [5, 5.41) is 10.4. The molecular weight excluding hydrogens is 331 g/mol. The summed E-state index contributed by atoms with van der Waals surface area (Å²) in [4.78, 5) is 2.32. The lowest BCUT2D eigenvalue weighted by molar-refractivity contribution is 0.618. The van der Waals surface area contributed by atoms with Crippen LogP contribution in [-0.2, 0) is 0 Å². The van der Waals surface area contributed by atoms with Gasteiger partial charge in [-0.15, -0.1) is 11.3 Å². The first-order valence-electron chi connectivity index (χ1n) is 5.16. The van der Waals surface area contributed by atoms with Gasteiger partial charge in [-0.25, -0.2) is 0 Å². The Hall–Kier alpha value is -0.800.